The summed E-state index contributed by atoms with van der Waals surface area (Å²) in [5, 5.41) is 5.87. The Bertz CT molecular complexity index is 491. The number of ether oxygens (including phenoxy) is 1. The molecule has 1 aliphatic heterocycles. The topological polar surface area (TPSA) is 62.7 Å². The third-order valence-electron chi connectivity index (χ3n) is 2.65. The van der Waals surface area contributed by atoms with Gasteiger partial charge in [0.15, 0.2) is 0 Å². The second-order valence-corrected chi connectivity index (χ2v) is 3.89. The van der Waals surface area contributed by atoms with Crippen molar-refractivity contribution in [2.45, 2.75) is 13.0 Å². The van der Waals surface area contributed by atoms with Crippen molar-refractivity contribution in [1.29, 1.82) is 0 Å². The van der Waals surface area contributed by atoms with E-state index >= 15 is 0 Å². The lowest BCUT2D eigenvalue weighted by molar-refractivity contribution is -0.105. The minimum Gasteiger partial charge on any atom is -0.426 e. The molecule has 1 aliphatic rings. The van der Waals surface area contributed by atoms with E-state index in [9.17, 15) is 4.79 Å². The maximum absolute atomic E-state index is 10.7. The molecule has 0 radical (unpaired) electrons. The van der Waals surface area contributed by atoms with E-state index in [-0.39, 0.29) is 6.04 Å². The third kappa shape index (κ3) is 2.68. The van der Waals surface area contributed by atoms with Crippen LogP contribution >= 0.6 is 0 Å². The number of aliphatic imine (C=N–C) groups is 1. The normalized spacial score (nSPS) is 18.2. The Balaban J connectivity index is 2.04. The first-order valence-electron chi connectivity index (χ1n) is 5.68. The van der Waals surface area contributed by atoms with Crippen LogP contribution in [0.25, 0.3) is 0 Å². The van der Waals surface area contributed by atoms with Crippen LogP contribution in [0.2, 0.25) is 0 Å². The number of benzene rings is 1. The molecule has 1 unspecified atom stereocenters. The average Bonchev–Trinajstić information content (AvgIpc) is 2.40. The van der Waals surface area contributed by atoms with Gasteiger partial charge >= 0.3 is 0 Å². The molecule has 5 heteroatoms. The molecule has 0 amide bonds. The summed E-state index contributed by atoms with van der Waals surface area (Å²) in [4.78, 5) is 14.9. The second-order valence-electron chi connectivity index (χ2n) is 3.89. The third-order valence-corrected chi connectivity index (χ3v) is 2.65. The summed E-state index contributed by atoms with van der Waals surface area (Å²) < 4.78 is 5.57. The van der Waals surface area contributed by atoms with Crippen LogP contribution in [0.3, 0.4) is 0 Å². The SMILES string of the molecule is CNc1ccc(OC2=NC(C)C(C=O)=CN2)cc1. The first kappa shape index (κ1) is 12.2. The highest BCUT2D eigenvalue weighted by molar-refractivity contribution is 5.84. The smallest absolute Gasteiger partial charge is 0.294 e. The lowest BCUT2D eigenvalue weighted by Crippen LogP contribution is -2.31. The number of nitrogens with one attached hydrogen (secondary N) is 2. The summed E-state index contributed by atoms with van der Waals surface area (Å²) in [7, 11) is 1.86. The second kappa shape index (κ2) is 5.35. The van der Waals surface area contributed by atoms with Gasteiger partial charge in [0, 0.05) is 24.5 Å². The molecule has 0 saturated heterocycles. The highest BCUT2D eigenvalue weighted by Gasteiger charge is 2.14. The minimum atomic E-state index is -0.185. The molecule has 1 aromatic carbocycles. The van der Waals surface area contributed by atoms with E-state index in [4.69, 9.17) is 4.74 Å². The molecule has 18 heavy (non-hydrogen) atoms. The Morgan fingerprint density at radius 1 is 1.39 bits per heavy atom. The number of carbonyl (C=O) groups excluding carboxylic acids is 1. The summed E-state index contributed by atoms with van der Waals surface area (Å²) >= 11 is 0. The number of carbonyl (C=O) groups is 1. The van der Waals surface area contributed by atoms with Crippen LogP contribution in [0.15, 0.2) is 41.0 Å². The van der Waals surface area contributed by atoms with Gasteiger partial charge in [0.05, 0.1) is 6.04 Å². The van der Waals surface area contributed by atoms with E-state index < -0.39 is 0 Å². The van der Waals surface area contributed by atoms with Gasteiger partial charge in [-0.15, -0.1) is 0 Å². The van der Waals surface area contributed by atoms with E-state index in [0.717, 1.165) is 12.0 Å². The molecule has 2 N–H and O–H groups in total. The van der Waals surface area contributed by atoms with Gasteiger partial charge in [-0.05, 0) is 31.2 Å². The molecule has 1 heterocycles. The van der Waals surface area contributed by atoms with E-state index in [0.29, 0.717) is 17.3 Å². The van der Waals surface area contributed by atoms with Gasteiger partial charge in [0.25, 0.3) is 6.02 Å². The summed E-state index contributed by atoms with van der Waals surface area (Å²) in [5.41, 5.74) is 1.62. The zero-order chi connectivity index (χ0) is 13.0. The standard InChI is InChI=1S/C13H15N3O2/c1-9-10(8-17)7-15-13(16-9)18-12-5-3-11(14-2)4-6-12/h3-9,14H,1-2H3,(H,15,16). The lowest BCUT2D eigenvalue weighted by Gasteiger charge is -2.17. The molecular formula is C13H15N3O2. The summed E-state index contributed by atoms with van der Waals surface area (Å²) in [6, 6.07) is 7.73. The van der Waals surface area contributed by atoms with Crippen LogP contribution in [0.5, 0.6) is 5.75 Å². The molecule has 94 valence electrons. The average molecular weight is 245 g/mol. The number of nitrogens with zero attached hydrogens (tertiary/aromatic N) is 1. The number of rotatable bonds is 3. The van der Waals surface area contributed by atoms with Crippen LogP contribution in [-0.2, 0) is 4.79 Å². The van der Waals surface area contributed by atoms with Gasteiger partial charge in [0.2, 0.25) is 0 Å². The maximum atomic E-state index is 10.7. The zero-order valence-corrected chi connectivity index (χ0v) is 10.3. The van der Waals surface area contributed by atoms with E-state index in [1.807, 2.05) is 38.2 Å². The van der Waals surface area contributed by atoms with Crippen molar-refractivity contribution in [3.05, 3.63) is 36.0 Å². The van der Waals surface area contributed by atoms with Crippen molar-refractivity contribution in [2.24, 2.45) is 4.99 Å². The fraction of sp³-hybridized carbons (Fsp3) is 0.231. The molecule has 5 nitrogen and oxygen atoms in total. The van der Waals surface area contributed by atoms with Gasteiger partial charge in [-0.3, -0.25) is 4.79 Å². The van der Waals surface area contributed by atoms with Crippen LogP contribution in [0.1, 0.15) is 6.92 Å². The van der Waals surface area contributed by atoms with Crippen LogP contribution in [0, 0.1) is 0 Å². The number of hydrogen-bond acceptors (Lipinski definition) is 5. The number of aldehydes is 1. The lowest BCUT2D eigenvalue weighted by atomic mass is 10.1. The number of anilines is 1. The zero-order valence-electron chi connectivity index (χ0n) is 10.3. The fourth-order valence-electron chi connectivity index (χ4n) is 1.54. The van der Waals surface area contributed by atoms with E-state index in [2.05, 4.69) is 15.6 Å². The van der Waals surface area contributed by atoms with Gasteiger partial charge < -0.3 is 15.4 Å². The van der Waals surface area contributed by atoms with Gasteiger partial charge in [-0.2, -0.15) is 0 Å². The van der Waals surface area contributed by atoms with Crippen molar-refractivity contribution in [3.8, 4) is 5.75 Å². The van der Waals surface area contributed by atoms with Crippen LogP contribution in [0.4, 0.5) is 5.69 Å². The van der Waals surface area contributed by atoms with Crippen molar-refractivity contribution >= 4 is 18.0 Å². The van der Waals surface area contributed by atoms with Crippen LogP contribution in [-0.4, -0.2) is 25.4 Å². The highest BCUT2D eigenvalue weighted by atomic mass is 16.5. The monoisotopic (exact) mass is 245 g/mol. The van der Waals surface area contributed by atoms with Crippen LogP contribution < -0.4 is 15.4 Å². The molecule has 1 atom stereocenters. The maximum Gasteiger partial charge on any atom is 0.294 e. The molecule has 0 bridgehead atoms. The predicted molar refractivity (Wildman–Crippen MR) is 70.8 cm³/mol. The van der Waals surface area contributed by atoms with Crippen molar-refractivity contribution in [2.75, 3.05) is 12.4 Å². The quantitative estimate of drug-likeness (QED) is 0.793. The van der Waals surface area contributed by atoms with Gasteiger partial charge in [0.1, 0.15) is 12.0 Å². The van der Waals surface area contributed by atoms with E-state index in [1.54, 1.807) is 6.20 Å². The summed E-state index contributed by atoms with van der Waals surface area (Å²) in [5.74, 6) is 0.690. The molecule has 2 rings (SSSR count). The molecular weight excluding hydrogens is 230 g/mol. The number of hydrogen-bond donors (Lipinski definition) is 2. The van der Waals surface area contributed by atoms with Crippen molar-refractivity contribution in [1.82, 2.24) is 5.32 Å². The first-order chi connectivity index (χ1) is 8.72. The molecule has 0 fully saturated rings. The Morgan fingerprint density at radius 3 is 2.67 bits per heavy atom. The first-order valence-corrected chi connectivity index (χ1v) is 5.68. The fourth-order valence-corrected chi connectivity index (χ4v) is 1.54. The van der Waals surface area contributed by atoms with Crippen molar-refractivity contribution in [3.63, 3.8) is 0 Å². The largest absolute Gasteiger partial charge is 0.426 e. The Kier molecular flexibility index (Phi) is 3.62. The Labute approximate surface area is 106 Å². The predicted octanol–water partition coefficient (Wildman–Crippen LogP) is 1.54. The van der Waals surface area contributed by atoms with Crippen molar-refractivity contribution < 1.29 is 9.53 Å². The Morgan fingerprint density at radius 2 is 2.11 bits per heavy atom. The molecule has 0 aliphatic carbocycles. The molecule has 1 aromatic rings. The molecule has 0 spiro atoms. The van der Waals surface area contributed by atoms with E-state index in [1.165, 1.54) is 0 Å². The number of amidine groups is 1. The van der Waals surface area contributed by atoms with Gasteiger partial charge in [-0.1, -0.05) is 0 Å². The highest BCUT2D eigenvalue weighted by Crippen LogP contribution is 2.16. The van der Waals surface area contributed by atoms with Gasteiger partial charge in [-0.25, -0.2) is 4.99 Å². The Hall–Kier alpha value is -2.30. The molecule has 0 aromatic heterocycles. The summed E-state index contributed by atoms with van der Waals surface area (Å²) in [6.45, 7) is 1.84. The minimum absolute atomic E-state index is 0.185. The molecule has 0 saturated carbocycles. The summed E-state index contributed by atoms with van der Waals surface area (Å²) in [6.07, 6.45) is 2.40.